The van der Waals surface area contributed by atoms with Gasteiger partial charge in [-0.1, -0.05) is 19.8 Å². The van der Waals surface area contributed by atoms with Crippen LogP contribution in [-0.2, 0) is 9.53 Å². The Hall–Kier alpha value is -1.84. The first-order valence-electron chi connectivity index (χ1n) is 7.38. The lowest BCUT2D eigenvalue weighted by atomic mass is 9.87. The molecule has 114 valence electrons. The lowest BCUT2D eigenvalue weighted by Gasteiger charge is -2.22. The molecule has 1 fully saturated rings. The first-order chi connectivity index (χ1) is 9.87. The summed E-state index contributed by atoms with van der Waals surface area (Å²) in [6.45, 7) is 5.82. The fourth-order valence-electron chi connectivity index (χ4n) is 2.92. The Morgan fingerprint density at radius 2 is 1.81 bits per heavy atom. The third kappa shape index (κ3) is 3.09. The summed E-state index contributed by atoms with van der Waals surface area (Å²) in [5, 5.41) is 2.97. The number of anilines is 1. The maximum Gasteiger partial charge on any atom is 0.338 e. The minimum Gasteiger partial charge on any atom is -0.465 e. The number of carbonyl (C=O) groups excluding carboxylic acids is 2. The Morgan fingerprint density at radius 1 is 1.19 bits per heavy atom. The van der Waals surface area contributed by atoms with Crippen molar-refractivity contribution in [2.24, 2.45) is 5.41 Å². The maximum absolute atomic E-state index is 12.5. The third-order valence-corrected chi connectivity index (χ3v) is 4.59. The number of methoxy groups -OCH3 is 1. The minimum absolute atomic E-state index is 0.0408. The minimum atomic E-state index is -0.376. The average Bonchev–Trinajstić information content (AvgIpc) is 2.90. The van der Waals surface area contributed by atoms with Gasteiger partial charge in [-0.3, -0.25) is 4.79 Å². The van der Waals surface area contributed by atoms with Gasteiger partial charge in [0.05, 0.1) is 12.7 Å². The molecule has 1 aliphatic carbocycles. The van der Waals surface area contributed by atoms with Crippen LogP contribution < -0.4 is 5.32 Å². The summed E-state index contributed by atoms with van der Waals surface area (Å²) in [6, 6.07) is 3.60. The summed E-state index contributed by atoms with van der Waals surface area (Å²) in [5.74, 6) is -0.335. The molecule has 2 rings (SSSR count). The number of rotatable bonds is 3. The van der Waals surface area contributed by atoms with Crippen LogP contribution >= 0.6 is 0 Å². The number of hydrogen-bond acceptors (Lipinski definition) is 3. The van der Waals surface area contributed by atoms with Crippen LogP contribution in [0.3, 0.4) is 0 Å². The van der Waals surface area contributed by atoms with Crippen LogP contribution in [0.5, 0.6) is 0 Å². The Kier molecular flexibility index (Phi) is 4.35. The van der Waals surface area contributed by atoms with E-state index in [0.29, 0.717) is 11.3 Å². The Morgan fingerprint density at radius 3 is 2.38 bits per heavy atom. The number of ether oxygens (including phenoxy) is 1. The lowest BCUT2D eigenvalue weighted by Crippen LogP contribution is -2.31. The van der Waals surface area contributed by atoms with Gasteiger partial charge in [0.15, 0.2) is 0 Å². The molecule has 0 heterocycles. The number of esters is 1. The highest BCUT2D eigenvalue weighted by atomic mass is 16.5. The summed E-state index contributed by atoms with van der Waals surface area (Å²) in [6.07, 6.45) is 4.05. The van der Waals surface area contributed by atoms with Crippen molar-refractivity contribution >= 4 is 17.6 Å². The molecule has 21 heavy (non-hydrogen) atoms. The molecule has 1 N–H and O–H groups in total. The fraction of sp³-hybridized carbons (Fsp3) is 0.529. The second-order valence-electron chi connectivity index (χ2n) is 6.18. The molecule has 0 bridgehead atoms. The van der Waals surface area contributed by atoms with E-state index in [9.17, 15) is 9.59 Å². The second kappa shape index (κ2) is 5.88. The van der Waals surface area contributed by atoms with Gasteiger partial charge in [0.1, 0.15) is 0 Å². The van der Waals surface area contributed by atoms with Gasteiger partial charge in [-0.05, 0) is 49.9 Å². The second-order valence-corrected chi connectivity index (χ2v) is 6.18. The van der Waals surface area contributed by atoms with Gasteiger partial charge in [-0.25, -0.2) is 4.79 Å². The first-order valence-corrected chi connectivity index (χ1v) is 7.38. The Balaban J connectivity index is 2.26. The van der Waals surface area contributed by atoms with E-state index in [1.807, 2.05) is 26.8 Å². The number of aryl methyl sites for hydroxylation is 1. The van der Waals surface area contributed by atoms with Crippen LogP contribution in [0, 0.1) is 19.3 Å². The van der Waals surface area contributed by atoms with E-state index in [1.165, 1.54) is 7.11 Å². The first kappa shape index (κ1) is 15.5. The van der Waals surface area contributed by atoms with Crippen LogP contribution in [-0.4, -0.2) is 19.0 Å². The molecule has 0 atom stereocenters. The predicted octanol–water partition coefficient (Wildman–Crippen LogP) is 3.61. The molecular formula is C17H23NO3. The summed E-state index contributed by atoms with van der Waals surface area (Å²) < 4.78 is 4.80. The van der Waals surface area contributed by atoms with Gasteiger partial charge in [0, 0.05) is 11.1 Å². The van der Waals surface area contributed by atoms with Crippen molar-refractivity contribution in [2.45, 2.75) is 46.5 Å². The van der Waals surface area contributed by atoms with Crippen molar-refractivity contribution in [3.05, 3.63) is 28.8 Å². The molecule has 0 aromatic heterocycles. The number of carbonyl (C=O) groups is 2. The predicted molar refractivity (Wildman–Crippen MR) is 82.5 cm³/mol. The number of nitrogens with one attached hydrogen (secondary N) is 1. The molecule has 4 nitrogen and oxygen atoms in total. The average molecular weight is 289 g/mol. The molecule has 0 unspecified atom stereocenters. The number of amides is 1. The molecule has 0 radical (unpaired) electrons. The van der Waals surface area contributed by atoms with Crippen LogP contribution in [0.15, 0.2) is 12.1 Å². The Bertz CT molecular complexity index is 572. The zero-order chi connectivity index (χ0) is 15.6. The van der Waals surface area contributed by atoms with E-state index in [0.717, 1.165) is 36.8 Å². The molecular weight excluding hydrogens is 266 g/mol. The largest absolute Gasteiger partial charge is 0.465 e. The van der Waals surface area contributed by atoms with Gasteiger partial charge in [0.25, 0.3) is 0 Å². The maximum atomic E-state index is 12.5. The summed E-state index contributed by atoms with van der Waals surface area (Å²) in [7, 11) is 1.36. The highest BCUT2D eigenvalue weighted by Gasteiger charge is 2.36. The van der Waals surface area contributed by atoms with Crippen molar-refractivity contribution in [3.8, 4) is 0 Å². The molecule has 1 aromatic carbocycles. The lowest BCUT2D eigenvalue weighted by molar-refractivity contribution is -0.124. The van der Waals surface area contributed by atoms with E-state index in [2.05, 4.69) is 5.32 Å². The zero-order valence-corrected chi connectivity index (χ0v) is 13.2. The van der Waals surface area contributed by atoms with Gasteiger partial charge in [-0.15, -0.1) is 0 Å². The van der Waals surface area contributed by atoms with E-state index < -0.39 is 0 Å². The van der Waals surface area contributed by atoms with E-state index in [1.54, 1.807) is 6.07 Å². The van der Waals surface area contributed by atoms with Gasteiger partial charge < -0.3 is 10.1 Å². The number of benzene rings is 1. The normalized spacial score (nSPS) is 16.6. The van der Waals surface area contributed by atoms with Crippen LogP contribution in [0.1, 0.15) is 54.1 Å². The molecule has 0 saturated heterocycles. The van der Waals surface area contributed by atoms with Crippen molar-refractivity contribution in [1.29, 1.82) is 0 Å². The molecule has 1 aromatic rings. The van der Waals surface area contributed by atoms with Crippen LogP contribution in [0.4, 0.5) is 5.69 Å². The van der Waals surface area contributed by atoms with E-state index in [4.69, 9.17) is 4.74 Å². The summed E-state index contributed by atoms with van der Waals surface area (Å²) in [5.41, 5.74) is 2.72. The molecule has 0 aliphatic heterocycles. The van der Waals surface area contributed by atoms with Gasteiger partial charge in [-0.2, -0.15) is 0 Å². The van der Waals surface area contributed by atoms with Crippen molar-refractivity contribution in [2.75, 3.05) is 12.4 Å². The zero-order valence-electron chi connectivity index (χ0n) is 13.2. The van der Waals surface area contributed by atoms with Crippen molar-refractivity contribution < 1.29 is 14.3 Å². The highest BCUT2D eigenvalue weighted by molar-refractivity contribution is 5.98. The van der Waals surface area contributed by atoms with Crippen LogP contribution in [0.25, 0.3) is 0 Å². The SMILES string of the molecule is COC(=O)c1cc(NC(=O)C2(C)CCCC2)cc(C)c1C. The summed E-state index contributed by atoms with van der Waals surface area (Å²) >= 11 is 0. The van der Waals surface area contributed by atoms with Crippen LogP contribution in [0.2, 0.25) is 0 Å². The Labute approximate surface area is 125 Å². The summed E-state index contributed by atoms with van der Waals surface area (Å²) in [4.78, 5) is 24.3. The molecule has 0 spiro atoms. The van der Waals surface area contributed by atoms with Crippen molar-refractivity contribution in [1.82, 2.24) is 0 Å². The third-order valence-electron chi connectivity index (χ3n) is 4.59. The fourth-order valence-corrected chi connectivity index (χ4v) is 2.92. The quantitative estimate of drug-likeness (QED) is 0.865. The van der Waals surface area contributed by atoms with Gasteiger partial charge in [0.2, 0.25) is 5.91 Å². The number of hydrogen-bond donors (Lipinski definition) is 1. The van der Waals surface area contributed by atoms with Crippen molar-refractivity contribution in [3.63, 3.8) is 0 Å². The molecule has 4 heteroatoms. The molecule has 1 aliphatic rings. The monoisotopic (exact) mass is 289 g/mol. The molecule has 1 amide bonds. The highest BCUT2D eigenvalue weighted by Crippen LogP contribution is 2.38. The van der Waals surface area contributed by atoms with Gasteiger partial charge >= 0.3 is 5.97 Å². The smallest absolute Gasteiger partial charge is 0.338 e. The van der Waals surface area contributed by atoms with E-state index in [-0.39, 0.29) is 17.3 Å². The standard InChI is InChI=1S/C17H23NO3/c1-11-9-13(10-14(12(11)2)15(19)21-4)18-16(20)17(3)7-5-6-8-17/h9-10H,5-8H2,1-4H3,(H,18,20). The molecule has 1 saturated carbocycles. The van der Waals surface area contributed by atoms with E-state index >= 15 is 0 Å². The topological polar surface area (TPSA) is 55.4 Å².